The molecular formula is C9H16N2O4S. The summed E-state index contributed by atoms with van der Waals surface area (Å²) in [6.45, 7) is 2.90. The van der Waals surface area contributed by atoms with E-state index in [1.54, 1.807) is 6.07 Å². The first-order valence-corrected chi connectivity index (χ1v) is 6.50. The summed E-state index contributed by atoms with van der Waals surface area (Å²) >= 11 is 0. The molecule has 0 aliphatic heterocycles. The number of carboxylic acids is 1. The summed E-state index contributed by atoms with van der Waals surface area (Å²) < 4.78 is 24.9. The van der Waals surface area contributed by atoms with Crippen molar-refractivity contribution >= 4 is 16.0 Å². The van der Waals surface area contributed by atoms with Crippen LogP contribution in [0.15, 0.2) is 0 Å². The van der Waals surface area contributed by atoms with Crippen molar-refractivity contribution in [3.63, 3.8) is 0 Å². The standard InChI is InChI=1S/C9H16N2O4S/c1-3-4-8(9(12)13)6-11-16(14,15)7(2)5-10/h7-8,11H,3-4,6H2,1-2H3,(H,12,13). The highest BCUT2D eigenvalue weighted by Gasteiger charge is 2.23. The first kappa shape index (κ1) is 14.9. The van der Waals surface area contributed by atoms with Gasteiger partial charge in [-0.25, -0.2) is 13.1 Å². The molecule has 2 N–H and O–H groups in total. The van der Waals surface area contributed by atoms with Crippen LogP contribution in [0, 0.1) is 17.2 Å². The average molecular weight is 248 g/mol. The van der Waals surface area contributed by atoms with Gasteiger partial charge in [-0.2, -0.15) is 5.26 Å². The van der Waals surface area contributed by atoms with E-state index in [1.807, 2.05) is 6.92 Å². The predicted molar refractivity (Wildman–Crippen MR) is 58.0 cm³/mol. The van der Waals surface area contributed by atoms with Crippen LogP contribution in [0.4, 0.5) is 0 Å². The smallest absolute Gasteiger partial charge is 0.307 e. The number of nitriles is 1. The fourth-order valence-corrected chi connectivity index (χ4v) is 1.89. The zero-order valence-corrected chi connectivity index (χ0v) is 10.1. The molecule has 92 valence electrons. The van der Waals surface area contributed by atoms with Gasteiger partial charge in [0.25, 0.3) is 0 Å². The maximum absolute atomic E-state index is 11.4. The van der Waals surface area contributed by atoms with Crippen molar-refractivity contribution in [1.82, 2.24) is 4.72 Å². The highest BCUT2D eigenvalue weighted by Crippen LogP contribution is 2.06. The van der Waals surface area contributed by atoms with Gasteiger partial charge in [0.05, 0.1) is 12.0 Å². The number of aliphatic carboxylic acids is 1. The van der Waals surface area contributed by atoms with Crippen LogP contribution in [0.3, 0.4) is 0 Å². The van der Waals surface area contributed by atoms with Crippen LogP contribution in [0.5, 0.6) is 0 Å². The Balaban J connectivity index is 4.43. The molecular weight excluding hydrogens is 232 g/mol. The minimum Gasteiger partial charge on any atom is -0.481 e. The van der Waals surface area contributed by atoms with Crippen LogP contribution in [0.2, 0.25) is 0 Å². The van der Waals surface area contributed by atoms with Crippen molar-refractivity contribution in [2.75, 3.05) is 6.54 Å². The molecule has 0 aliphatic rings. The summed E-state index contributed by atoms with van der Waals surface area (Å²) in [6.07, 6.45) is 1.06. The van der Waals surface area contributed by atoms with Crippen molar-refractivity contribution in [2.24, 2.45) is 5.92 Å². The first-order chi connectivity index (χ1) is 7.35. The minimum atomic E-state index is -3.73. The van der Waals surface area contributed by atoms with E-state index in [0.717, 1.165) is 0 Å². The Morgan fingerprint density at radius 3 is 2.50 bits per heavy atom. The highest BCUT2D eigenvalue weighted by atomic mass is 32.2. The molecule has 0 aliphatic carbocycles. The summed E-state index contributed by atoms with van der Waals surface area (Å²) in [7, 11) is -3.73. The Bertz CT molecular complexity index is 371. The molecule has 0 heterocycles. The van der Waals surface area contributed by atoms with Gasteiger partial charge < -0.3 is 5.11 Å². The first-order valence-electron chi connectivity index (χ1n) is 4.96. The van der Waals surface area contributed by atoms with Gasteiger partial charge in [-0.1, -0.05) is 13.3 Å². The molecule has 0 aromatic carbocycles. The van der Waals surface area contributed by atoms with Gasteiger partial charge in [0, 0.05) is 6.54 Å². The lowest BCUT2D eigenvalue weighted by Gasteiger charge is -2.13. The molecule has 6 nitrogen and oxygen atoms in total. The van der Waals surface area contributed by atoms with E-state index in [2.05, 4.69) is 4.72 Å². The third kappa shape index (κ3) is 4.59. The zero-order chi connectivity index (χ0) is 12.8. The molecule has 0 aromatic rings. The lowest BCUT2D eigenvalue weighted by Crippen LogP contribution is -2.37. The van der Waals surface area contributed by atoms with Gasteiger partial charge >= 0.3 is 5.97 Å². The fraction of sp³-hybridized carbons (Fsp3) is 0.778. The van der Waals surface area contributed by atoms with E-state index in [0.29, 0.717) is 12.8 Å². The minimum absolute atomic E-state index is 0.169. The van der Waals surface area contributed by atoms with E-state index in [-0.39, 0.29) is 6.54 Å². The van der Waals surface area contributed by atoms with Gasteiger partial charge in [-0.05, 0) is 13.3 Å². The maximum atomic E-state index is 11.4. The average Bonchev–Trinajstić information content (AvgIpc) is 2.22. The summed E-state index contributed by atoms with van der Waals surface area (Å²) in [6, 6.07) is 1.59. The number of hydrogen-bond donors (Lipinski definition) is 2. The molecule has 2 atom stereocenters. The Kier molecular flexibility index (Phi) is 6.00. The molecule has 16 heavy (non-hydrogen) atoms. The number of rotatable bonds is 7. The van der Waals surface area contributed by atoms with E-state index in [9.17, 15) is 13.2 Å². The zero-order valence-electron chi connectivity index (χ0n) is 9.30. The lowest BCUT2D eigenvalue weighted by atomic mass is 10.1. The van der Waals surface area contributed by atoms with Crippen LogP contribution < -0.4 is 4.72 Å². The van der Waals surface area contributed by atoms with Gasteiger partial charge in [-0.15, -0.1) is 0 Å². The molecule has 0 saturated carbocycles. The topological polar surface area (TPSA) is 107 Å². The van der Waals surface area contributed by atoms with Gasteiger partial charge in [-0.3, -0.25) is 4.79 Å². The Labute approximate surface area is 95.3 Å². The number of nitrogens with zero attached hydrogens (tertiary/aromatic N) is 1. The molecule has 0 saturated heterocycles. The summed E-state index contributed by atoms with van der Waals surface area (Å²) in [5.41, 5.74) is 0. The van der Waals surface area contributed by atoms with E-state index < -0.39 is 27.2 Å². The Hall–Kier alpha value is -1.13. The fourth-order valence-electron chi connectivity index (χ4n) is 1.07. The van der Waals surface area contributed by atoms with Crippen molar-refractivity contribution in [1.29, 1.82) is 5.26 Å². The van der Waals surface area contributed by atoms with E-state index in [1.165, 1.54) is 6.92 Å². The van der Waals surface area contributed by atoms with Crippen molar-refractivity contribution in [2.45, 2.75) is 31.9 Å². The molecule has 2 unspecified atom stereocenters. The predicted octanol–water partition coefficient (Wildman–Crippen LogP) is 0.319. The van der Waals surface area contributed by atoms with Crippen LogP contribution in [-0.4, -0.2) is 31.3 Å². The third-order valence-corrected chi connectivity index (χ3v) is 3.77. The monoisotopic (exact) mass is 248 g/mol. The maximum Gasteiger partial charge on any atom is 0.307 e. The largest absolute Gasteiger partial charge is 0.481 e. The lowest BCUT2D eigenvalue weighted by molar-refractivity contribution is -0.141. The number of carbonyl (C=O) groups is 1. The number of carboxylic acid groups (broad SMARTS) is 1. The molecule has 7 heteroatoms. The summed E-state index contributed by atoms with van der Waals surface area (Å²) in [5, 5.41) is 16.1. The summed E-state index contributed by atoms with van der Waals surface area (Å²) in [5.74, 6) is -1.78. The molecule has 0 fully saturated rings. The van der Waals surface area contributed by atoms with Gasteiger partial charge in [0.15, 0.2) is 5.25 Å². The van der Waals surface area contributed by atoms with Crippen molar-refractivity contribution in [3.8, 4) is 6.07 Å². The molecule has 0 spiro atoms. The second-order valence-electron chi connectivity index (χ2n) is 3.49. The Morgan fingerprint density at radius 2 is 2.12 bits per heavy atom. The molecule has 0 aromatic heterocycles. The Morgan fingerprint density at radius 1 is 1.56 bits per heavy atom. The van der Waals surface area contributed by atoms with Crippen LogP contribution in [-0.2, 0) is 14.8 Å². The molecule has 0 radical (unpaired) electrons. The molecule has 0 amide bonds. The third-order valence-electron chi connectivity index (χ3n) is 2.16. The molecule has 0 bridgehead atoms. The van der Waals surface area contributed by atoms with Crippen molar-refractivity contribution < 1.29 is 18.3 Å². The van der Waals surface area contributed by atoms with E-state index in [4.69, 9.17) is 10.4 Å². The second kappa shape index (κ2) is 6.45. The highest BCUT2D eigenvalue weighted by molar-refractivity contribution is 7.90. The van der Waals surface area contributed by atoms with Crippen molar-refractivity contribution in [3.05, 3.63) is 0 Å². The summed E-state index contributed by atoms with van der Waals surface area (Å²) in [4.78, 5) is 10.7. The van der Waals surface area contributed by atoms with Crippen LogP contribution in [0.1, 0.15) is 26.7 Å². The number of nitrogens with one attached hydrogen (secondary N) is 1. The normalized spacial score (nSPS) is 15.1. The SMILES string of the molecule is CCCC(CNS(=O)(=O)C(C)C#N)C(=O)O. The van der Waals surface area contributed by atoms with Gasteiger partial charge in [0.2, 0.25) is 10.0 Å². The second-order valence-corrected chi connectivity index (χ2v) is 5.57. The quantitative estimate of drug-likeness (QED) is 0.674. The van der Waals surface area contributed by atoms with Crippen LogP contribution >= 0.6 is 0 Å². The number of sulfonamides is 1. The van der Waals surface area contributed by atoms with E-state index >= 15 is 0 Å². The number of hydrogen-bond acceptors (Lipinski definition) is 4. The molecule has 0 rings (SSSR count). The van der Waals surface area contributed by atoms with Crippen LogP contribution in [0.25, 0.3) is 0 Å². The van der Waals surface area contributed by atoms with Gasteiger partial charge in [0.1, 0.15) is 0 Å².